The number of piperidine rings is 1. The highest BCUT2D eigenvalue weighted by Gasteiger charge is 2.28. The molecule has 0 aliphatic carbocycles. The van der Waals surface area contributed by atoms with Crippen molar-refractivity contribution in [3.8, 4) is 17.3 Å². The Morgan fingerprint density at radius 1 is 1.21 bits per heavy atom. The van der Waals surface area contributed by atoms with E-state index in [-0.39, 0.29) is 6.09 Å². The fourth-order valence-corrected chi connectivity index (χ4v) is 4.68. The summed E-state index contributed by atoms with van der Waals surface area (Å²) in [5.74, 6) is 0.731. The topological polar surface area (TPSA) is 82.0 Å². The minimum atomic E-state index is -0.471. The Hall–Kier alpha value is -3.33. The molecule has 33 heavy (non-hydrogen) atoms. The summed E-state index contributed by atoms with van der Waals surface area (Å²) in [6, 6.07) is 12.6. The number of likely N-dealkylation sites (tertiary alicyclic amines) is 1. The highest BCUT2D eigenvalue weighted by Crippen LogP contribution is 2.38. The third-order valence-electron chi connectivity index (χ3n) is 6.22. The molecule has 2 aromatic heterocycles. The molecule has 6 nitrogen and oxygen atoms in total. The number of ether oxygens (including phenoxy) is 1. The van der Waals surface area contributed by atoms with E-state index in [1.807, 2.05) is 37.8 Å². The van der Waals surface area contributed by atoms with Crippen LogP contribution in [0.3, 0.4) is 0 Å². The summed E-state index contributed by atoms with van der Waals surface area (Å²) in [5, 5.41) is 10.5. The highest BCUT2D eigenvalue weighted by atomic mass is 16.6. The van der Waals surface area contributed by atoms with Crippen LogP contribution in [0.2, 0.25) is 0 Å². The molecule has 0 bridgehead atoms. The first-order valence-electron chi connectivity index (χ1n) is 11.7. The summed E-state index contributed by atoms with van der Waals surface area (Å²) in [4.78, 5) is 21.9. The van der Waals surface area contributed by atoms with Crippen LogP contribution in [0.15, 0.2) is 36.5 Å². The molecule has 0 radical (unpaired) electrons. The third-order valence-corrected chi connectivity index (χ3v) is 6.22. The predicted octanol–water partition coefficient (Wildman–Crippen LogP) is 6.34. The van der Waals surface area contributed by atoms with Gasteiger partial charge in [-0.05, 0) is 80.8 Å². The quantitative estimate of drug-likeness (QED) is 0.511. The number of nitrogens with one attached hydrogen (secondary N) is 1. The van der Waals surface area contributed by atoms with E-state index in [0.717, 1.165) is 29.6 Å². The summed E-state index contributed by atoms with van der Waals surface area (Å²) in [6.45, 7) is 11.5. The van der Waals surface area contributed by atoms with Crippen LogP contribution in [0.1, 0.15) is 76.1 Å². The van der Waals surface area contributed by atoms with Gasteiger partial charge in [-0.15, -0.1) is 0 Å². The van der Waals surface area contributed by atoms with Crippen molar-refractivity contribution < 1.29 is 9.53 Å². The number of amides is 1. The van der Waals surface area contributed by atoms with Crippen molar-refractivity contribution in [2.24, 2.45) is 0 Å². The van der Waals surface area contributed by atoms with Crippen molar-refractivity contribution in [3.05, 3.63) is 53.3 Å². The molecule has 0 atom stereocenters. The molecule has 0 spiro atoms. The number of nitrogens with zero attached hydrogens (tertiary/aromatic N) is 3. The molecule has 0 saturated carbocycles. The molecular formula is C27H32N4O2. The Kier molecular flexibility index (Phi) is 6.16. The van der Waals surface area contributed by atoms with Crippen molar-refractivity contribution in [1.29, 1.82) is 5.26 Å². The monoisotopic (exact) mass is 444 g/mol. The number of benzene rings is 1. The average Bonchev–Trinajstić information content (AvgIpc) is 3.17. The van der Waals surface area contributed by atoms with Crippen LogP contribution in [0.25, 0.3) is 22.2 Å². The number of rotatable bonds is 3. The van der Waals surface area contributed by atoms with Gasteiger partial charge in [0.05, 0.1) is 5.69 Å². The standard InChI is InChI=1S/C27H32N4O2/c1-17(2)24-22-15-19(18-9-12-31(13-10-18)26(32)33-27(3,4)5)6-7-23(22)30-25(24)20-8-11-29-21(14-20)16-28/h6-8,11,14-15,17-18,30H,9-10,12-13H2,1-5H3. The second-order valence-corrected chi connectivity index (χ2v) is 10.2. The fraction of sp³-hybridized carbons (Fsp3) is 0.444. The molecule has 1 N–H and O–H groups in total. The van der Waals surface area contributed by atoms with Crippen LogP contribution < -0.4 is 0 Å². The third kappa shape index (κ3) is 4.88. The molecule has 1 fully saturated rings. The van der Waals surface area contributed by atoms with Gasteiger partial charge in [0, 0.05) is 35.8 Å². The zero-order valence-corrected chi connectivity index (χ0v) is 20.1. The molecule has 1 amide bonds. The van der Waals surface area contributed by atoms with Gasteiger partial charge in [0.15, 0.2) is 0 Å². The maximum absolute atomic E-state index is 12.4. The summed E-state index contributed by atoms with van der Waals surface area (Å²) in [6.07, 6.45) is 3.32. The van der Waals surface area contributed by atoms with Crippen molar-refractivity contribution in [1.82, 2.24) is 14.9 Å². The number of fused-ring (bicyclic) bond motifs is 1. The first kappa shape index (κ1) is 22.8. The lowest BCUT2D eigenvalue weighted by molar-refractivity contribution is 0.0205. The maximum atomic E-state index is 12.4. The largest absolute Gasteiger partial charge is 0.444 e. The lowest BCUT2D eigenvalue weighted by Crippen LogP contribution is -2.41. The molecule has 1 aliphatic heterocycles. The summed E-state index contributed by atoms with van der Waals surface area (Å²) in [7, 11) is 0. The number of H-pyrrole nitrogens is 1. The van der Waals surface area contributed by atoms with Crippen molar-refractivity contribution >= 4 is 17.0 Å². The summed E-state index contributed by atoms with van der Waals surface area (Å²) >= 11 is 0. The zero-order valence-electron chi connectivity index (χ0n) is 20.1. The fourth-order valence-electron chi connectivity index (χ4n) is 4.68. The molecule has 6 heteroatoms. The molecule has 0 unspecified atom stereocenters. The van der Waals surface area contributed by atoms with Crippen LogP contribution in [0.5, 0.6) is 0 Å². The van der Waals surface area contributed by atoms with Gasteiger partial charge in [-0.1, -0.05) is 19.9 Å². The molecule has 3 aromatic rings. The normalized spacial score (nSPS) is 15.1. The van der Waals surface area contributed by atoms with Gasteiger partial charge < -0.3 is 14.6 Å². The Labute approximate surface area is 195 Å². The van der Waals surface area contributed by atoms with Gasteiger partial charge >= 0.3 is 6.09 Å². The lowest BCUT2D eigenvalue weighted by Gasteiger charge is -2.33. The molecule has 172 valence electrons. The van der Waals surface area contributed by atoms with Gasteiger partial charge in [0.25, 0.3) is 0 Å². The Bertz CT molecular complexity index is 1210. The average molecular weight is 445 g/mol. The molecule has 4 rings (SSSR count). The van der Waals surface area contributed by atoms with Gasteiger partial charge in [-0.25, -0.2) is 9.78 Å². The van der Waals surface area contributed by atoms with Gasteiger partial charge in [-0.2, -0.15) is 5.26 Å². The van der Waals surface area contributed by atoms with Crippen LogP contribution in [0, 0.1) is 11.3 Å². The first-order chi connectivity index (χ1) is 15.7. The SMILES string of the molecule is CC(C)c1c(-c2ccnc(C#N)c2)[nH]c2ccc(C3CCN(C(=O)OC(C)(C)C)CC3)cc12. The first-order valence-corrected chi connectivity index (χ1v) is 11.7. The Morgan fingerprint density at radius 3 is 2.58 bits per heavy atom. The maximum Gasteiger partial charge on any atom is 0.410 e. The van der Waals surface area contributed by atoms with E-state index in [0.29, 0.717) is 30.6 Å². The molecule has 3 heterocycles. The second kappa shape index (κ2) is 8.90. The second-order valence-electron chi connectivity index (χ2n) is 10.2. The van der Waals surface area contributed by atoms with E-state index < -0.39 is 5.60 Å². The molecule has 1 saturated heterocycles. The number of carbonyl (C=O) groups excluding carboxylic acids is 1. The van der Waals surface area contributed by atoms with Crippen LogP contribution in [-0.2, 0) is 4.74 Å². The van der Waals surface area contributed by atoms with E-state index in [1.54, 1.807) is 6.20 Å². The number of pyridine rings is 1. The van der Waals surface area contributed by atoms with Crippen molar-refractivity contribution in [2.45, 2.75) is 64.9 Å². The van der Waals surface area contributed by atoms with Gasteiger partial charge in [0.1, 0.15) is 17.4 Å². The van der Waals surface area contributed by atoms with E-state index in [9.17, 15) is 10.1 Å². The molecule has 1 aromatic carbocycles. The minimum Gasteiger partial charge on any atom is -0.444 e. The minimum absolute atomic E-state index is 0.220. The Morgan fingerprint density at radius 2 is 1.94 bits per heavy atom. The smallest absolute Gasteiger partial charge is 0.410 e. The number of carbonyl (C=O) groups is 1. The van der Waals surface area contributed by atoms with Crippen LogP contribution >= 0.6 is 0 Å². The number of aromatic nitrogens is 2. The molecular weight excluding hydrogens is 412 g/mol. The van der Waals surface area contributed by atoms with Crippen molar-refractivity contribution in [3.63, 3.8) is 0 Å². The zero-order chi connectivity index (χ0) is 23.8. The lowest BCUT2D eigenvalue weighted by atomic mass is 9.87. The summed E-state index contributed by atoms with van der Waals surface area (Å²) < 4.78 is 5.54. The Balaban J connectivity index is 1.60. The number of hydrogen-bond donors (Lipinski definition) is 1. The van der Waals surface area contributed by atoms with Gasteiger partial charge in [0.2, 0.25) is 0 Å². The van der Waals surface area contributed by atoms with Crippen LogP contribution in [0.4, 0.5) is 4.79 Å². The van der Waals surface area contributed by atoms with Crippen LogP contribution in [-0.4, -0.2) is 39.7 Å². The molecule has 1 aliphatic rings. The van der Waals surface area contributed by atoms with Gasteiger partial charge in [-0.3, -0.25) is 0 Å². The summed E-state index contributed by atoms with van der Waals surface area (Å²) in [5.41, 5.74) is 5.64. The number of hydrogen-bond acceptors (Lipinski definition) is 4. The van der Waals surface area contributed by atoms with E-state index in [1.165, 1.54) is 16.5 Å². The van der Waals surface area contributed by atoms with E-state index in [2.05, 4.69) is 48.1 Å². The van der Waals surface area contributed by atoms with E-state index in [4.69, 9.17) is 4.74 Å². The number of nitriles is 1. The van der Waals surface area contributed by atoms with Crippen molar-refractivity contribution in [2.75, 3.05) is 13.1 Å². The highest BCUT2D eigenvalue weighted by molar-refractivity contribution is 5.92. The predicted molar refractivity (Wildman–Crippen MR) is 130 cm³/mol. The van der Waals surface area contributed by atoms with E-state index >= 15 is 0 Å². The number of aromatic amines is 1.